The molecule has 0 unspecified atom stereocenters. The van der Waals surface area contributed by atoms with Gasteiger partial charge in [-0.3, -0.25) is 9.59 Å². The van der Waals surface area contributed by atoms with E-state index in [4.69, 9.17) is 0 Å². The third kappa shape index (κ3) is 5.96. The second kappa shape index (κ2) is 9.42. The van der Waals surface area contributed by atoms with Gasteiger partial charge in [-0.25, -0.2) is 0 Å². The molecule has 126 valence electrons. The van der Waals surface area contributed by atoms with Gasteiger partial charge in [-0.1, -0.05) is 42.0 Å². The fourth-order valence-corrected chi connectivity index (χ4v) is 2.85. The second-order valence-corrected chi connectivity index (χ2v) is 6.73. The molecule has 2 N–H and O–H groups in total. The Morgan fingerprint density at radius 3 is 2.33 bits per heavy atom. The van der Waals surface area contributed by atoms with Crippen molar-refractivity contribution in [3.05, 3.63) is 68.8 Å². The van der Waals surface area contributed by atoms with Crippen molar-refractivity contribution in [2.45, 2.75) is 19.8 Å². The Morgan fingerprint density at radius 1 is 0.958 bits per heavy atom. The highest BCUT2D eigenvalue weighted by molar-refractivity contribution is 14.1. The van der Waals surface area contributed by atoms with Crippen molar-refractivity contribution in [2.75, 3.05) is 13.1 Å². The molecule has 2 aromatic carbocycles. The second-order valence-electron chi connectivity index (χ2n) is 5.57. The minimum Gasteiger partial charge on any atom is -0.354 e. The summed E-state index contributed by atoms with van der Waals surface area (Å²) in [5.74, 6) is -0.118. The van der Waals surface area contributed by atoms with Crippen molar-refractivity contribution < 1.29 is 9.59 Å². The highest BCUT2D eigenvalue weighted by atomic mass is 127. The van der Waals surface area contributed by atoms with Crippen LogP contribution in [0.2, 0.25) is 0 Å². The van der Waals surface area contributed by atoms with E-state index in [1.165, 1.54) is 5.56 Å². The number of amides is 2. The number of nitrogens with one attached hydrogen (secondary N) is 2. The van der Waals surface area contributed by atoms with Crippen LogP contribution >= 0.6 is 22.6 Å². The first-order valence-corrected chi connectivity index (χ1v) is 8.99. The molecule has 0 fully saturated rings. The standard InChI is InChI=1S/C19H21IN2O2/c1-14-6-8-15(9-7-14)10-11-18(23)21-12-13-22-19(24)16-4-2-3-5-17(16)20/h2-9H,10-13H2,1H3,(H,21,23)(H,22,24). The maximum absolute atomic E-state index is 12.0. The monoisotopic (exact) mass is 436 g/mol. The molecule has 2 amide bonds. The predicted molar refractivity (Wildman–Crippen MR) is 104 cm³/mol. The van der Waals surface area contributed by atoms with Gasteiger partial charge >= 0.3 is 0 Å². The lowest BCUT2D eigenvalue weighted by molar-refractivity contribution is -0.121. The quantitative estimate of drug-likeness (QED) is 0.518. The minimum atomic E-state index is -0.117. The molecular weight excluding hydrogens is 415 g/mol. The summed E-state index contributed by atoms with van der Waals surface area (Å²) < 4.78 is 0.912. The Kier molecular flexibility index (Phi) is 7.24. The predicted octanol–water partition coefficient (Wildman–Crippen LogP) is 3.08. The lowest BCUT2D eigenvalue weighted by Crippen LogP contribution is -2.35. The van der Waals surface area contributed by atoms with Crippen molar-refractivity contribution in [1.82, 2.24) is 10.6 Å². The molecule has 5 heteroatoms. The van der Waals surface area contributed by atoms with E-state index in [0.29, 0.717) is 25.1 Å². The number of carbonyl (C=O) groups is 2. The SMILES string of the molecule is Cc1ccc(CCC(=O)NCCNC(=O)c2ccccc2I)cc1. The van der Waals surface area contributed by atoms with Crippen molar-refractivity contribution in [2.24, 2.45) is 0 Å². The normalized spacial score (nSPS) is 10.2. The first-order chi connectivity index (χ1) is 11.6. The molecule has 0 spiro atoms. The van der Waals surface area contributed by atoms with Gasteiger partial charge in [0, 0.05) is 23.1 Å². The van der Waals surface area contributed by atoms with Crippen molar-refractivity contribution in [3.63, 3.8) is 0 Å². The summed E-state index contributed by atoms with van der Waals surface area (Å²) in [4.78, 5) is 23.8. The summed E-state index contributed by atoms with van der Waals surface area (Å²) in [6.07, 6.45) is 1.17. The number of hydrogen-bond donors (Lipinski definition) is 2. The third-order valence-electron chi connectivity index (χ3n) is 3.61. The molecule has 0 aliphatic heterocycles. The van der Waals surface area contributed by atoms with Gasteiger partial charge in [0.05, 0.1) is 5.56 Å². The summed E-state index contributed by atoms with van der Waals surface area (Å²) in [7, 11) is 0. The van der Waals surface area contributed by atoms with E-state index >= 15 is 0 Å². The lowest BCUT2D eigenvalue weighted by atomic mass is 10.1. The average molecular weight is 436 g/mol. The molecule has 24 heavy (non-hydrogen) atoms. The molecule has 0 radical (unpaired) electrons. The van der Waals surface area contributed by atoms with Crippen molar-refractivity contribution >= 4 is 34.4 Å². The molecule has 0 saturated carbocycles. The Morgan fingerprint density at radius 2 is 1.62 bits per heavy atom. The van der Waals surface area contributed by atoms with Gasteiger partial charge in [-0.2, -0.15) is 0 Å². The fourth-order valence-electron chi connectivity index (χ4n) is 2.22. The highest BCUT2D eigenvalue weighted by Gasteiger charge is 2.08. The minimum absolute atomic E-state index is 0.000819. The summed E-state index contributed by atoms with van der Waals surface area (Å²) in [6, 6.07) is 15.6. The Balaban J connectivity index is 1.65. The van der Waals surface area contributed by atoms with E-state index < -0.39 is 0 Å². The third-order valence-corrected chi connectivity index (χ3v) is 4.55. The number of halogens is 1. The number of rotatable bonds is 7. The van der Waals surface area contributed by atoms with E-state index in [1.54, 1.807) is 6.07 Å². The topological polar surface area (TPSA) is 58.2 Å². The molecule has 0 bridgehead atoms. The van der Waals surface area contributed by atoms with Crippen LogP contribution in [-0.2, 0) is 11.2 Å². The zero-order valence-corrected chi connectivity index (χ0v) is 15.8. The van der Waals surface area contributed by atoms with Crippen LogP contribution in [-0.4, -0.2) is 24.9 Å². The first-order valence-electron chi connectivity index (χ1n) is 7.91. The van der Waals surface area contributed by atoms with Gasteiger partial charge < -0.3 is 10.6 Å². The summed E-state index contributed by atoms with van der Waals surface area (Å²) >= 11 is 2.14. The van der Waals surface area contributed by atoms with Crippen LogP contribution in [0.15, 0.2) is 48.5 Å². The van der Waals surface area contributed by atoms with Crippen LogP contribution in [0.1, 0.15) is 27.9 Å². The van der Waals surface area contributed by atoms with Crippen LogP contribution in [0.3, 0.4) is 0 Å². The van der Waals surface area contributed by atoms with E-state index in [2.05, 4.69) is 33.2 Å². The van der Waals surface area contributed by atoms with Crippen molar-refractivity contribution in [1.29, 1.82) is 0 Å². The van der Waals surface area contributed by atoms with Crippen LogP contribution in [0, 0.1) is 10.5 Å². The van der Waals surface area contributed by atoms with Gasteiger partial charge in [-0.05, 0) is 53.6 Å². The van der Waals surface area contributed by atoms with Crippen LogP contribution in [0.5, 0.6) is 0 Å². The van der Waals surface area contributed by atoms with Crippen molar-refractivity contribution in [3.8, 4) is 0 Å². The number of hydrogen-bond acceptors (Lipinski definition) is 2. The summed E-state index contributed by atoms with van der Waals surface area (Å²) in [5, 5.41) is 5.65. The van der Waals surface area contributed by atoms with Crippen LogP contribution in [0.4, 0.5) is 0 Å². The maximum Gasteiger partial charge on any atom is 0.252 e. The smallest absolute Gasteiger partial charge is 0.252 e. The zero-order chi connectivity index (χ0) is 17.4. The van der Waals surface area contributed by atoms with E-state index in [0.717, 1.165) is 15.6 Å². The molecule has 0 aromatic heterocycles. The highest BCUT2D eigenvalue weighted by Crippen LogP contribution is 2.10. The first kappa shape index (κ1) is 18.4. The zero-order valence-electron chi connectivity index (χ0n) is 13.6. The van der Waals surface area contributed by atoms with Gasteiger partial charge in [-0.15, -0.1) is 0 Å². The largest absolute Gasteiger partial charge is 0.354 e. The molecule has 4 nitrogen and oxygen atoms in total. The van der Waals surface area contributed by atoms with Crippen LogP contribution in [0.25, 0.3) is 0 Å². The maximum atomic E-state index is 12.0. The Bertz CT molecular complexity index is 699. The van der Waals surface area contributed by atoms with E-state index in [9.17, 15) is 9.59 Å². The van der Waals surface area contributed by atoms with Crippen LogP contribution < -0.4 is 10.6 Å². The number of carbonyl (C=O) groups excluding carboxylic acids is 2. The van der Waals surface area contributed by atoms with Gasteiger partial charge in [0.25, 0.3) is 5.91 Å². The fraction of sp³-hybridized carbons (Fsp3) is 0.263. The van der Waals surface area contributed by atoms with E-state index in [1.807, 2.05) is 49.4 Å². The molecule has 2 aromatic rings. The van der Waals surface area contributed by atoms with Gasteiger partial charge in [0.1, 0.15) is 0 Å². The molecule has 0 saturated heterocycles. The summed E-state index contributed by atoms with van der Waals surface area (Å²) in [6.45, 7) is 2.89. The van der Waals surface area contributed by atoms with Gasteiger partial charge in [0.2, 0.25) is 5.91 Å². The summed E-state index contributed by atoms with van der Waals surface area (Å²) in [5.41, 5.74) is 3.03. The lowest BCUT2D eigenvalue weighted by Gasteiger charge is -2.08. The average Bonchev–Trinajstić information content (AvgIpc) is 2.58. The molecule has 2 rings (SSSR count). The van der Waals surface area contributed by atoms with Gasteiger partial charge in [0.15, 0.2) is 0 Å². The number of aryl methyl sites for hydroxylation is 2. The Hall–Kier alpha value is -1.89. The molecule has 0 heterocycles. The molecular formula is C19H21IN2O2. The van der Waals surface area contributed by atoms with E-state index in [-0.39, 0.29) is 11.8 Å². The molecule has 0 aliphatic carbocycles. The Labute approximate surface area is 156 Å². The number of benzene rings is 2. The molecule has 0 aliphatic rings. The molecule has 0 atom stereocenters.